The fourth-order valence-corrected chi connectivity index (χ4v) is 9.70. The molecule has 0 aliphatic rings. The van der Waals surface area contributed by atoms with Crippen molar-refractivity contribution in [3.05, 3.63) is 229 Å². The molecule has 0 unspecified atom stereocenters. The molecule has 0 atom stereocenters. The number of amides is 9. The van der Waals surface area contributed by atoms with E-state index in [0.717, 1.165) is 30.4 Å². The first-order valence-corrected chi connectivity index (χ1v) is 31.1. The topological polar surface area (TPSA) is 328 Å². The summed E-state index contributed by atoms with van der Waals surface area (Å²) in [4.78, 5) is 154. The lowest BCUT2D eigenvalue weighted by Gasteiger charge is -2.14. The summed E-state index contributed by atoms with van der Waals surface area (Å²) in [5.74, 6) is -4.07. The van der Waals surface area contributed by atoms with Crippen LogP contribution in [-0.4, -0.2) is 86.5 Å². The van der Waals surface area contributed by atoms with E-state index >= 15 is 0 Å². The van der Waals surface area contributed by atoms with Gasteiger partial charge in [0.05, 0.1) is 0 Å². The number of urea groups is 3. The van der Waals surface area contributed by atoms with Crippen LogP contribution in [0.25, 0.3) is 0 Å². The van der Waals surface area contributed by atoms with Crippen molar-refractivity contribution in [3.63, 3.8) is 0 Å². The average Bonchev–Trinajstić information content (AvgIpc) is 0.946. The number of carbonyl (C=O) groups excluding carboxylic acids is 9. The van der Waals surface area contributed by atoms with E-state index in [0.29, 0.717) is 130 Å². The summed E-state index contributed by atoms with van der Waals surface area (Å²) >= 11 is 0. The number of rotatable bonds is 36. The monoisotopic (exact) mass is 1270 g/mol. The van der Waals surface area contributed by atoms with Crippen molar-refractivity contribution in [1.82, 2.24) is 45.6 Å². The van der Waals surface area contributed by atoms with E-state index in [1.165, 1.54) is 0 Å². The predicted molar refractivity (Wildman–Crippen MR) is 353 cm³/mol. The molecule has 0 saturated carbocycles. The highest BCUT2D eigenvalue weighted by atomic mass is 16.2. The number of nitrogens with one attached hydrogen (secondary N) is 9. The lowest BCUT2D eigenvalue weighted by Crippen LogP contribution is -2.54. The van der Waals surface area contributed by atoms with Crippen molar-refractivity contribution in [3.8, 4) is 0 Å². The number of hydrogen-bond acceptors (Lipinski definition) is 12. The highest BCUT2D eigenvalue weighted by Gasteiger charge is 2.19. The van der Waals surface area contributed by atoms with Crippen LogP contribution in [0.1, 0.15) is 125 Å². The van der Waals surface area contributed by atoms with Crippen LogP contribution in [0.3, 0.4) is 0 Å². The fraction of sp³-hybridized carbons (Fsp3) is 0.304. The summed E-state index contributed by atoms with van der Waals surface area (Å²) in [7, 11) is 0. The molecule has 0 saturated heterocycles. The van der Waals surface area contributed by atoms with Crippen LogP contribution >= 0.6 is 0 Å². The Balaban J connectivity index is 0.823. The van der Waals surface area contributed by atoms with Gasteiger partial charge < -0.3 is 47.9 Å². The van der Waals surface area contributed by atoms with Crippen LogP contribution < -0.4 is 64.9 Å². The third kappa shape index (κ3) is 23.1. The number of aromatic nitrogens is 3. The molecule has 0 fully saturated rings. The van der Waals surface area contributed by atoms with E-state index in [4.69, 9.17) is 0 Å². The number of carbonyl (C=O) groups is 9. The Morgan fingerprint density at radius 3 is 0.753 bits per heavy atom. The fourth-order valence-electron chi connectivity index (χ4n) is 9.70. The first kappa shape index (κ1) is 69.4. The van der Waals surface area contributed by atoms with E-state index in [2.05, 4.69) is 47.9 Å². The quantitative estimate of drug-likeness (QED) is 0.0103. The van der Waals surface area contributed by atoms with Crippen molar-refractivity contribution < 1.29 is 43.2 Å². The Morgan fingerprint density at radius 2 is 0.505 bits per heavy atom. The molecule has 0 radical (unpaired) electrons. The Kier molecular flexibility index (Phi) is 27.8. The van der Waals surface area contributed by atoms with Crippen LogP contribution in [0.2, 0.25) is 0 Å². The van der Waals surface area contributed by atoms with E-state index in [9.17, 15) is 57.5 Å². The minimum absolute atomic E-state index is 0.0791. The van der Waals surface area contributed by atoms with Gasteiger partial charge in [0, 0.05) is 92.7 Å². The Bertz CT molecular complexity index is 3410. The normalized spacial score (nSPS) is 10.7. The standard InChI is InChI=1S/C69H78N12O12/c82-58(52-22-10-7-11-23-52)61(85)73-46-49-28-34-55(35-29-49)76-64(88)70-40-16-1-4-19-43-79-67(91)80(44-20-5-2-17-41-71-65(89)77-56-36-30-50(31-37-56)47-74-62(86)59(83)53-24-12-8-13-25-53)69(93)81(68(79)92)45-21-6-3-18-42-72-66(90)78-57-38-32-51(33-39-57)48-75-63(87)60(84)54-26-14-9-15-27-54/h7-15,22-39H,1-6,16-21,40-48H2,(H,73,85)(H,74,86)(H,75,87)(H2,70,76,88)(H2,71,77,89)(H2,72,78,90). The molecule has 0 spiro atoms. The number of Topliss-reactive ketones (excluding diaryl/α,β-unsaturated/α-hetero) is 3. The molecule has 9 amide bonds. The largest absolute Gasteiger partial charge is 0.345 e. The van der Waals surface area contributed by atoms with E-state index in [-0.39, 0.29) is 39.3 Å². The highest BCUT2D eigenvalue weighted by Crippen LogP contribution is 2.14. The van der Waals surface area contributed by atoms with Gasteiger partial charge in [-0.3, -0.25) is 28.8 Å². The Morgan fingerprint density at radius 1 is 0.269 bits per heavy atom. The maximum Gasteiger partial charge on any atom is 0.336 e. The van der Waals surface area contributed by atoms with Gasteiger partial charge in [-0.05, 0) is 91.6 Å². The number of nitrogens with zero attached hydrogens (tertiary/aromatic N) is 3. The minimum atomic E-state index is -0.722. The predicted octanol–water partition coefficient (Wildman–Crippen LogP) is 7.82. The SMILES string of the molecule is O=C(NCCCCCCn1c(=O)n(CCCCCCNC(=O)Nc2ccc(CNC(=O)C(=O)c3ccccc3)cc2)c(=O)n(CCCCCCNC(=O)Nc2ccc(CNC(=O)C(=O)c3ccccc3)cc2)c1=O)Nc1ccc(CNC(=O)C(=O)c2ccccc2)cc1. The molecule has 1 heterocycles. The maximum absolute atomic E-state index is 13.9. The zero-order valence-electron chi connectivity index (χ0n) is 51.7. The van der Waals surface area contributed by atoms with Gasteiger partial charge in [-0.1, -0.05) is 166 Å². The van der Waals surface area contributed by atoms with Gasteiger partial charge in [0.1, 0.15) is 0 Å². The van der Waals surface area contributed by atoms with Gasteiger partial charge in [0.2, 0.25) is 17.3 Å². The molecule has 9 N–H and O–H groups in total. The Hall–Kier alpha value is -11.0. The molecule has 7 rings (SSSR count). The summed E-state index contributed by atoms with van der Waals surface area (Å²) in [5.41, 5.74) is 2.58. The second-order valence-electron chi connectivity index (χ2n) is 21.9. The van der Waals surface area contributed by atoms with E-state index in [1.807, 2.05) is 0 Å². The molecule has 24 nitrogen and oxygen atoms in total. The average molecular weight is 1270 g/mol. The maximum atomic E-state index is 13.9. The molecule has 0 aliphatic carbocycles. The number of benzene rings is 6. The third-order valence-electron chi connectivity index (χ3n) is 14.9. The van der Waals surface area contributed by atoms with E-state index < -0.39 is 70.2 Å². The van der Waals surface area contributed by atoms with Crippen LogP contribution in [0.5, 0.6) is 0 Å². The molecule has 7 aromatic rings. The zero-order valence-corrected chi connectivity index (χ0v) is 51.7. The Labute approximate surface area is 537 Å². The molecule has 24 heteroatoms. The second kappa shape index (κ2) is 37.2. The van der Waals surface area contributed by atoms with Gasteiger partial charge in [-0.2, -0.15) is 0 Å². The summed E-state index contributed by atoms with van der Waals surface area (Å²) < 4.78 is 3.34. The molecule has 0 aliphatic heterocycles. The number of unbranched alkanes of at least 4 members (excludes halogenated alkanes) is 9. The number of anilines is 3. The molecule has 1 aromatic heterocycles. The van der Waals surface area contributed by atoms with Crippen LogP contribution in [0, 0.1) is 0 Å². The molecule has 6 aromatic carbocycles. The van der Waals surface area contributed by atoms with Crippen LogP contribution in [0.4, 0.5) is 31.4 Å². The van der Waals surface area contributed by atoms with Crippen molar-refractivity contribution in [2.45, 2.75) is 116 Å². The molecular weight excluding hydrogens is 1190 g/mol. The third-order valence-corrected chi connectivity index (χ3v) is 14.9. The summed E-state index contributed by atoms with van der Waals surface area (Å²) in [5, 5.41) is 24.6. The van der Waals surface area contributed by atoms with Gasteiger partial charge in [-0.25, -0.2) is 42.5 Å². The first-order chi connectivity index (χ1) is 45.1. The second-order valence-corrected chi connectivity index (χ2v) is 21.9. The molecule has 0 bridgehead atoms. The van der Waals surface area contributed by atoms with Gasteiger partial charge >= 0.3 is 35.2 Å². The number of ketones is 3. The van der Waals surface area contributed by atoms with Crippen molar-refractivity contribution in [2.24, 2.45) is 0 Å². The van der Waals surface area contributed by atoms with Crippen molar-refractivity contribution in [1.29, 1.82) is 0 Å². The van der Waals surface area contributed by atoms with Crippen molar-refractivity contribution >= 4 is 70.2 Å². The molecular formula is C69H78N12O12. The minimum Gasteiger partial charge on any atom is -0.345 e. The van der Waals surface area contributed by atoms with Gasteiger partial charge in [-0.15, -0.1) is 0 Å². The lowest BCUT2D eigenvalue weighted by atomic mass is 10.1. The number of hydrogen-bond donors (Lipinski definition) is 9. The summed E-state index contributed by atoms with van der Waals surface area (Å²) in [6.45, 7) is 1.69. The lowest BCUT2D eigenvalue weighted by molar-refractivity contribution is -0.117. The molecule has 93 heavy (non-hydrogen) atoms. The van der Waals surface area contributed by atoms with Crippen molar-refractivity contribution in [2.75, 3.05) is 35.6 Å². The summed E-state index contributed by atoms with van der Waals surface area (Å²) in [6, 6.07) is 44.0. The van der Waals surface area contributed by atoms with Gasteiger partial charge in [0.15, 0.2) is 0 Å². The van der Waals surface area contributed by atoms with Crippen LogP contribution in [0.15, 0.2) is 178 Å². The molecule has 486 valence electrons. The first-order valence-electron chi connectivity index (χ1n) is 31.1. The zero-order chi connectivity index (χ0) is 66.2. The smallest absolute Gasteiger partial charge is 0.336 e. The summed E-state index contributed by atoms with van der Waals surface area (Å²) in [6.07, 6.45) is 7.13. The van der Waals surface area contributed by atoms with Gasteiger partial charge in [0.25, 0.3) is 17.7 Å². The highest BCUT2D eigenvalue weighted by molar-refractivity contribution is 6.43. The van der Waals surface area contributed by atoms with Crippen LogP contribution in [-0.2, 0) is 53.7 Å². The van der Waals surface area contributed by atoms with E-state index in [1.54, 1.807) is 164 Å².